The van der Waals surface area contributed by atoms with Crippen LogP contribution in [0.2, 0.25) is 0 Å². The second kappa shape index (κ2) is 8.29. The highest BCUT2D eigenvalue weighted by atomic mass is 32.2. The third kappa shape index (κ3) is 4.67. The number of piperazine rings is 1. The summed E-state index contributed by atoms with van der Waals surface area (Å²) in [4.78, 5) is 2.51. The van der Waals surface area contributed by atoms with Gasteiger partial charge in [0.15, 0.2) is 0 Å². The van der Waals surface area contributed by atoms with Crippen LogP contribution in [0.1, 0.15) is 19.8 Å². The Labute approximate surface area is 138 Å². The van der Waals surface area contributed by atoms with Gasteiger partial charge in [-0.1, -0.05) is 0 Å². The van der Waals surface area contributed by atoms with E-state index in [-0.39, 0.29) is 0 Å². The van der Waals surface area contributed by atoms with Gasteiger partial charge in [0, 0.05) is 32.6 Å². The molecule has 1 heterocycles. The largest absolute Gasteiger partial charge is 0.494 e. The highest BCUT2D eigenvalue weighted by Gasteiger charge is 2.28. The van der Waals surface area contributed by atoms with Gasteiger partial charge in [0.2, 0.25) is 10.0 Å². The summed E-state index contributed by atoms with van der Waals surface area (Å²) in [6.07, 6.45) is 1.38. The zero-order valence-corrected chi connectivity index (χ0v) is 14.3. The summed E-state index contributed by atoms with van der Waals surface area (Å²) < 4.78 is 32.2. The first-order valence-electron chi connectivity index (χ1n) is 7.90. The van der Waals surface area contributed by atoms with Crippen LogP contribution in [0.3, 0.4) is 0 Å². The van der Waals surface area contributed by atoms with E-state index >= 15 is 0 Å². The van der Waals surface area contributed by atoms with Crippen LogP contribution in [-0.2, 0) is 10.0 Å². The summed E-state index contributed by atoms with van der Waals surface area (Å²) in [6, 6.07) is 8.70. The van der Waals surface area contributed by atoms with Gasteiger partial charge in [0.25, 0.3) is 0 Å². The molecule has 0 saturated carbocycles. The third-order valence-corrected chi connectivity index (χ3v) is 5.78. The van der Waals surface area contributed by atoms with E-state index in [1.807, 2.05) is 6.92 Å². The Morgan fingerprint density at radius 2 is 1.83 bits per heavy atom. The highest BCUT2D eigenvalue weighted by molar-refractivity contribution is 7.89. The van der Waals surface area contributed by atoms with Gasteiger partial charge in [-0.3, -0.25) is 0 Å². The van der Waals surface area contributed by atoms with Crippen LogP contribution in [0, 0.1) is 11.3 Å². The number of hydrogen-bond acceptors (Lipinski definition) is 5. The predicted molar refractivity (Wildman–Crippen MR) is 87.7 cm³/mol. The maximum atomic E-state index is 12.6. The maximum Gasteiger partial charge on any atom is 0.243 e. The van der Waals surface area contributed by atoms with E-state index in [0.29, 0.717) is 49.9 Å². The number of nitriles is 1. The molecule has 0 aromatic heterocycles. The summed E-state index contributed by atoms with van der Waals surface area (Å²) in [5.74, 6) is 0.675. The minimum atomic E-state index is -3.44. The fraction of sp³-hybridized carbons (Fsp3) is 0.562. The molecule has 0 amide bonds. The second-order valence-corrected chi connectivity index (χ2v) is 7.35. The summed E-state index contributed by atoms with van der Waals surface area (Å²) in [7, 11) is -3.44. The highest BCUT2D eigenvalue weighted by Crippen LogP contribution is 2.21. The Bertz CT molecular complexity index is 630. The molecule has 0 atom stereocenters. The van der Waals surface area contributed by atoms with Crippen molar-refractivity contribution >= 4 is 10.0 Å². The first-order valence-corrected chi connectivity index (χ1v) is 9.34. The fourth-order valence-corrected chi connectivity index (χ4v) is 4.02. The van der Waals surface area contributed by atoms with E-state index in [1.54, 1.807) is 24.3 Å². The van der Waals surface area contributed by atoms with E-state index in [1.165, 1.54) is 4.31 Å². The van der Waals surface area contributed by atoms with E-state index in [2.05, 4.69) is 11.0 Å². The van der Waals surface area contributed by atoms with Crippen LogP contribution in [0.25, 0.3) is 0 Å². The van der Waals surface area contributed by atoms with Gasteiger partial charge in [-0.2, -0.15) is 9.57 Å². The van der Waals surface area contributed by atoms with Crippen molar-refractivity contribution in [3.8, 4) is 11.8 Å². The van der Waals surface area contributed by atoms with Gasteiger partial charge in [0.05, 0.1) is 17.6 Å². The maximum absolute atomic E-state index is 12.6. The van der Waals surface area contributed by atoms with Crippen molar-refractivity contribution in [2.24, 2.45) is 0 Å². The van der Waals surface area contributed by atoms with Crippen LogP contribution in [0.4, 0.5) is 0 Å². The van der Waals surface area contributed by atoms with Crippen LogP contribution >= 0.6 is 0 Å². The van der Waals surface area contributed by atoms with Gasteiger partial charge in [-0.15, -0.1) is 0 Å². The topological polar surface area (TPSA) is 73.6 Å². The summed E-state index contributed by atoms with van der Waals surface area (Å²) in [6.45, 7) is 5.69. The molecule has 1 aliphatic heterocycles. The zero-order chi connectivity index (χ0) is 16.7. The quantitative estimate of drug-likeness (QED) is 0.708. The smallest absolute Gasteiger partial charge is 0.243 e. The van der Waals surface area contributed by atoms with Crippen LogP contribution in [0.5, 0.6) is 5.75 Å². The van der Waals surface area contributed by atoms with E-state index in [0.717, 1.165) is 13.0 Å². The van der Waals surface area contributed by atoms with E-state index in [9.17, 15) is 8.42 Å². The molecule has 0 N–H and O–H groups in total. The molecule has 1 saturated heterocycles. The SMILES string of the molecule is CCOc1ccc(S(=O)(=O)N2CCN(CCCC#N)CC2)cc1. The van der Waals surface area contributed by atoms with E-state index < -0.39 is 10.0 Å². The lowest BCUT2D eigenvalue weighted by molar-refractivity contribution is 0.187. The standard InChI is InChI=1S/C16H23N3O3S/c1-2-22-15-5-7-16(8-6-15)23(20,21)19-13-11-18(12-14-19)10-4-3-9-17/h5-8H,2-4,10-14H2,1H3. The Hall–Kier alpha value is -1.62. The second-order valence-electron chi connectivity index (χ2n) is 5.41. The van der Waals surface area contributed by atoms with Crippen molar-refractivity contribution in [2.75, 3.05) is 39.3 Å². The third-order valence-electron chi connectivity index (χ3n) is 3.87. The summed E-state index contributed by atoms with van der Waals surface area (Å²) in [5.41, 5.74) is 0. The van der Waals surface area contributed by atoms with Gasteiger partial charge in [0.1, 0.15) is 5.75 Å². The van der Waals surface area contributed by atoms with Crippen molar-refractivity contribution < 1.29 is 13.2 Å². The minimum Gasteiger partial charge on any atom is -0.494 e. The number of hydrogen-bond donors (Lipinski definition) is 0. The van der Waals surface area contributed by atoms with Crippen molar-refractivity contribution in [1.82, 2.24) is 9.21 Å². The lowest BCUT2D eigenvalue weighted by Crippen LogP contribution is -2.48. The van der Waals surface area contributed by atoms with Gasteiger partial charge in [-0.25, -0.2) is 8.42 Å². The molecule has 0 aliphatic carbocycles. The van der Waals surface area contributed by atoms with Gasteiger partial charge in [-0.05, 0) is 44.2 Å². The Morgan fingerprint density at radius 1 is 1.17 bits per heavy atom. The molecule has 0 unspecified atom stereocenters. The number of ether oxygens (including phenoxy) is 1. The molecule has 126 valence electrons. The molecule has 0 spiro atoms. The number of sulfonamides is 1. The first-order chi connectivity index (χ1) is 11.1. The molecule has 0 radical (unpaired) electrons. The van der Waals surface area contributed by atoms with Crippen molar-refractivity contribution in [1.29, 1.82) is 5.26 Å². The number of rotatable bonds is 7. The number of nitrogens with zero attached hydrogens (tertiary/aromatic N) is 3. The molecule has 1 fully saturated rings. The molecule has 1 aromatic rings. The molecule has 0 bridgehead atoms. The van der Waals surface area contributed by atoms with Crippen molar-refractivity contribution in [3.05, 3.63) is 24.3 Å². The Kier molecular flexibility index (Phi) is 6.39. The monoisotopic (exact) mass is 337 g/mol. The van der Waals surface area contributed by atoms with Crippen molar-refractivity contribution in [3.63, 3.8) is 0 Å². The van der Waals surface area contributed by atoms with E-state index in [4.69, 9.17) is 10.00 Å². The van der Waals surface area contributed by atoms with Crippen LogP contribution < -0.4 is 4.74 Å². The van der Waals surface area contributed by atoms with Crippen LogP contribution in [0.15, 0.2) is 29.2 Å². The van der Waals surface area contributed by atoms with Crippen molar-refractivity contribution in [2.45, 2.75) is 24.7 Å². The molecule has 6 nitrogen and oxygen atoms in total. The minimum absolute atomic E-state index is 0.305. The first kappa shape index (κ1) is 17.7. The molecule has 1 aliphatic rings. The molecule has 1 aromatic carbocycles. The normalized spacial score (nSPS) is 16.9. The Balaban J connectivity index is 1.94. The van der Waals surface area contributed by atoms with Gasteiger partial charge >= 0.3 is 0 Å². The number of unbranched alkanes of at least 4 members (excludes halogenated alkanes) is 1. The molecule has 2 rings (SSSR count). The molecule has 23 heavy (non-hydrogen) atoms. The fourth-order valence-electron chi connectivity index (χ4n) is 2.60. The Morgan fingerprint density at radius 3 is 2.39 bits per heavy atom. The lowest BCUT2D eigenvalue weighted by atomic mass is 10.3. The predicted octanol–water partition coefficient (Wildman–Crippen LogP) is 1.70. The summed E-state index contributed by atoms with van der Waals surface area (Å²) in [5, 5.41) is 8.56. The van der Waals surface area contributed by atoms with Crippen LogP contribution in [-0.4, -0.2) is 57.0 Å². The zero-order valence-electron chi connectivity index (χ0n) is 13.4. The molecular weight excluding hydrogens is 314 g/mol. The number of benzene rings is 1. The lowest BCUT2D eigenvalue weighted by Gasteiger charge is -2.33. The average Bonchev–Trinajstić information content (AvgIpc) is 2.56. The van der Waals surface area contributed by atoms with Gasteiger partial charge < -0.3 is 9.64 Å². The summed E-state index contributed by atoms with van der Waals surface area (Å²) >= 11 is 0. The average molecular weight is 337 g/mol. The molecule has 7 heteroatoms. The molecular formula is C16H23N3O3S.